The van der Waals surface area contributed by atoms with Gasteiger partial charge in [0, 0.05) is 12.7 Å². The summed E-state index contributed by atoms with van der Waals surface area (Å²) >= 11 is 0. The number of carbonyl (C=O) groups excluding carboxylic acids is 1. The fourth-order valence-corrected chi connectivity index (χ4v) is 2.69. The molecule has 3 aromatic rings. The van der Waals surface area contributed by atoms with Crippen molar-refractivity contribution in [2.24, 2.45) is 0 Å². The first kappa shape index (κ1) is 16.9. The van der Waals surface area contributed by atoms with Crippen LogP contribution in [0.25, 0.3) is 0 Å². The lowest BCUT2D eigenvalue weighted by Gasteiger charge is -2.20. The zero-order valence-corrected chi connectivity index (χ0v) is 14.0. The molecule has 1 amide bonds. The fraction of sp³-hybridized carbons (Fsp3) is 0.211. The molecule has 0 fully saturated rings. The number of aromatic nitrogens is 3. The second-order valence-corrected chi connectivity index (χ2v) is 5.64. The Hall–Kier alpha value is -2.99. The van der Waals surface area contributed by atoms with Crippen LogP contribution in [-0.4, -0.2) is 27.8 Å². The summed E-state index contributed by atoms with van der Waals surface area (Å²) < 4.78 is 6.90. The number of ether oxygens (including phenoxy) is 1. The van der Waals surface area contributed by atoms with E-state index in [1.807, 2.05) is 48.5 Å². The van der Waals surface area contributed by atoms with Crippen LogP contribution in [0.5, 0.6) is 0 Å². The Morgan fingerprint density at radius 2 is 1.92 bits per heavy atom. The molecule has 2 aromatic carbocycles. The average molecular weight is 336 g/mol. The van der Waals surface area contributed by atoms with Crippen molar-refractivity contribution in [1.29, 1.82) is 0 Å². The first-order chi connectivity index (χ1) is 12.3. The van der Waals surface area contributed by atoms with Gasteiger partial charge in [0.1, 0.15) is 12.7 Å². The van der Waals surface area contributed by atoms with Crippen LogP contribution in [0.15, 0.2) is 67.3 Å². The number of methoxy groups -OCH3 is 1. The number of hydrogen-bond acceptors (Lipinski definition) is 4. The molecule has 0 aliphatic rings. The van der Waals surface area contributed by atoms with Crippen LogP contribution in [0.2, 0.25) is 0 Å². The lowest BCUT2D eigenvalue weighted by molar-refractivity contribution is 0.0927. The topological polar surface area (TPSA) is 69.0 Å². The van der Waals surface area contributed by atoms with Crippen LogP contribution in [0.3, 0.4) is 0 Å². The summed E-state index contributed by atoms with van der Waals surface area (Å²) in [6.45, 7) is 0.894. The van der Waals surface area contributed by atoms with E-state index in [0.717, 1.165) is 11.1 Å². The van der Waals surface area contributed by atoms with Crippen LogP contribution in [0, 0.1) is 0 Å². The van der Waals surface area contributed by atoms with Gasteiger partial charge in [0.25, 0.3) is 5.91 Å². The Balaban J connectivity index is 1.83. The smallest absolute Gasteiger partial charge is 0.252 e. The maximum absolute atomic E-state index is 12.8. The molecule has 0 bridgehead atoms. The van der Waals surface area contributed by atoms with Crippen LogP contribution in [0.4, 0.5) is 0 Å². The third-order valence-corrected chi connectivity index (χ3v) is 3.91. The molecule has 0 radical (unpaired) electrons. The third-order valence-electron chi connectivity index (χ3n) is 3.91. The first-order valence-electron chi connectivity index (χ1n) is 8.03. The summed E-state index contributed by atoms with van der Waals surface area (Å²) in [5, 5.41) is 7.25. The summed E-state index contributed by atoms with van der Waals surface area (Å²) in [5.74, 6) is -0.137. The van der Waals surface area contributed by atoms with Crippen molar-refractivity contribution in [1.82, 2.24) is 20.1 Å². The van der Waals surface area contributed by atoms with E-state index in [0.29, 0.717) is 18.7 Å². The zero-order valence-electron chi connectivity index (χ0n) is 14.0. The van der Waals surface area contributed by atoms with E-state index in [1.165, 1.54) is 6.33 Å². The quantitative estimate of drug-likeness (QED) is 0.720. The van der Waals surface area contributed by atoms with Crippen molar-refractivity contribution >= 4 is 5.91 Å². The van der Waals surface area contributed by atoms with Gasteiger partial charge in [0.15, 0.2) is 0 Å². The summed E-state index contributed by atoms with van der Waals surface area (Å²) in [5.41, 5.74) is 2.48. The zero-order chi connectivity index (χ0) is 17.5. The maximum atomic E-state index is 12.8. The standard InChI is InChI=1S/C19H20N4O2/c1-25-12-16-9-5-6-10-17(16)19(24)22-18(11-23-14-20-13-21-23)15-7-3-2-4-8-15/h2-10,13-14,18H,11-12H2,1H3,(H,22,24)/t18-/m1/s1. The first-order valence-corrected chi connectivity index (χ1v) is 8.03. The lowest BCUT2D eigenvalue weighted by Crippen LogP contribution is -2.32. The Labute approximate surface area is 146 Å². The maximum Gasteiger partial charge on any atom is 0.252 e. The Bertz CT molecular complexity index is 803. The van der Waals surface area contributed by atoms with Gasteiger partial charge in [-0.15, -0.1) is 0 Å². The molecule has 6 heteroatoms. The molecule has 1 N–H and O–H groups in total. The lowest BCUT2D eigenvalue weighted by atomic mass is 10.0. The number of rotatable bonds is 7. The summed E-state index contributed by atoms with van der Waals surface area (Å²) in [6, 6.07) is 17.1. The van der Waals surface area contributed by atoms with Crippen molar-refractivity contribution in [2.75, 3.05) is 7.11 Å². The second kappa shape index (κ2) is 8.21. The van der Waals surface area contributed by atoms with Gasteiger partial charge in [-0.05, 0) is 17.2 Å². The van der Waals surface area contributed by atoms with Gasteiger partial charge in [-0.3, -0.25) is 9.48 Å². The van der Waals surface area contributed by atoms with Gasteiger partial charge in [-0.2, -0.15) is 5.10 Å². The number of nitrogens with zero attached hydrogens (tertiary/aromatic N) is 3. The molecule has 0 saturated carbocycles. The van der Waals surface area contributed by atoms with E-state index in [4.69, 9.17) is 4.74 Å². The van der Waals surface area contributed by atoms with E-state index < -0.39 is 0 Å². The monoisotopic (exact) mass is 336 g/mol. The largest absolute Gasteiger partial charge is 0.380 e. The Kier molecular flexibility index (Phi) is 5.53. The second-order valence-electron chi connectivity index (χ2n) is 5.64. The van der Waals surface area contributed by atoms with E-state index in [1.54, 1.807) is 24.2 Å². The molecule has 6 nitrogen and oxygen atoms in total. The summed E-state index contributed by atoms with van der Waals surface area (Å²) in [7, 11) is 1.62. The summed E-state index contributed by atoms with van der Waals surface area (Å²) in [4.78, 5) is 16.8. The minimum Gasteiger partial charge on any atom is -0.380 e. The minimum atomic E-state index is -0.217. The number of amides is 1. The normalized spacial score (nSPS) is 11.9. The molecule has 0 aliphatic heterocycles. The molecule has 0 unspecified atom stereocenters. The van der Waals surface area contributed by atoms with Gasteiger partial charge in [0.2, 0.25) is 0 Å². The highest BCUT2D eigenvalue weighted by Gasteiger charge is 2.18. The predicted octanol–water partition coefficient (Wildman–Crippen LogP) is 2.60. The molecular weight excluding hydrogens is 316 g/mol. The summed E-state index contributed by atoms with van der Waals surface area (Å²) in [6.07, 6.45) is 3.12. The van der Waals surface area contributed by atoms with Crippen molar-refractivity contribution in [3.05, 3.63) is 83.9 Å². The SMILES string of the molecule is COCc1ccccc1C(=O)N[C@H](Cn1cncn1)c1ccccc1. The highest BCUT2D eigenvalue weighted by molar-refractivity contribution is 5.95. The number of nitrogens with one attached hydrogen (secondary N) is 1. The van der Waals surface area contributed by atoms with Crippen molar-refractivity contribution in [3.63, 3.8) is 0 Å². The Morgan fingerprint density at radius 1 is 1.16 bits per heavy atom. The van der Waals surface area contributed by atoms with Crippen LogP contribution >= 0.6 is 0 Å². The minimum absolute atomic E-state index is 0.137. The molecule has 1 aromatic heterocycles. The van der Waals surface area contributed by atoms with Crippen molar-refractivity contribution < 1.29 is 9.53 Å². The number of benzene rings is 2. The average Bonchev–Trinajstić information content (AvgIpc) is 3.16. The predicted molar refractivity (Wildman–Crippen MR) is 93.8 cm³/mol. The van der Waals surface area contributed by atoms with Crippen molar-refractivity contribution in [2.45, 2.75) is 19.2 Å². The molecule has 0 saturated heterocycles. The number of hydrogen-bond donors (Lipinski definition) is 1. The Morgan fingerprint density at radius 3 is 2.64 bits per heavy atom. The molecule has 3 rings (SSSR count). The molecule has 25 heavy (non-hydrogen) atoms. The fourth-order valence-electron chi connectivity index (χ4n) is 2.69. The molecule has 1 heterocycles. The van der Waals surface area contributed by atoms with Crippen LogP contribution in [-0.2, 0) is 17.9 Å². The molecule has 0 spiro atoms. The highest BCUT2D eigenvalue weighted by atomic mass is 16.5. The van der Waals surface area contributed by atoms with E-state index in [2.05, 4.69) is 15.4 Å². The number of carbonyl (C=O) groups is 1. The highest BCUT2D eigenvalue weighted by Crippen LogP contribution is 2.17. The van der Waals surface area contributed by atoms with Gasteiger partial charge in [-0.1, -0.05) is 48.5 Å². The molecule has 0 aliphatic carbocycles. The van der Waals surface area contributed by atoms with Gasteiger partial charge >= 0.3 is 0 Å². The van der Waals surface area contributed by atoms with Gasteiger partial charge in [0.05, 0.1) is 19.2 Å². The molecule has 128 valence electrons. The van der Waals surface area contributed by atoms with Crippen molar-refractivity contribution in [3.8, 4) is 0 Å². The van der Waals surface area contributed by atoms with E-state index >= 15 is 0 Å². The van der Waals surface area contributed by atoms with Crippen LogP contribution in [0.1, 0.15) is 27.5 Å². The molecular formula is C19H20N4O2. The van der Waals surface area contributed by atoms with Gasteiger partial charge < -0.3 is 10.1 Å². The van der Waals surface area contributed by atoms with Crippen LogP contribution < -0.4 is 5.32 Å². The van der Waals surface area contributed by atoms with E-state index in [9.17, 15) is 4.79 Å². The third kappa shape index (κ3) is 4.30. The van der Waals surface area contributed by atoms with Gasteiger partial charge in [-0.25, -0.2) is 4.98 Å². The van der Waals surface area contributed by atoms with E-state index in [-0.39, 0.29) is 11.9 Å². The molecule has 1 atom stereocenters.